The molecule has 94 valence electrons. The number of benzene rings is 1. The lowest BCUT2D eigenvalue weighted by atomic mass is 10.2. The van der Waals surface area contributed by atoms with Crippen molar-refractivity contribution in [2.45, 2.75) is 30.4 Å². The minimum Gasteiger partial charge on any atom is -0.469 e. The molecule has 1 aromatic carbocycles. The van der Waals surface area contributed by atoms with Gasteiger partial charge in [0, 0.05) is 0 Å². The molecule has 0 fully saturated rings. The van der Waals surface area contributed by atoms with Gasteiger partial charge in [0.05, 0.1) is 23.7 Å². The lowest BCUT2D eigenvalue weighted by Crippen LogP contribution is -2.22. The van der Waals surface area contributed by atoms with Crippen LogP contribution in [0, 0.1) is 6.92 Å². The fourth-order valence-electron chi connectivity index (χ4n) is 1.39. The number of hydrogen-bond donors (Lipinski definition) is 0. The number of sulfone groups is 1. The number of hydrogen-bond acceptors (Lipinski definition) is 4. The zero-order valence-electron chi connectivity index (χ0n) is 10.1. The standard InChI is InChI=1S/C12H16O4S/c1-9-4-6-11(7-5-9)17(14,15)10(2)8-12(13)16-3/h4-7,10H,8H2,1-3H3. The summed E-state index contributed by atoms with van der Waals surface area (Å²) in [6.45, 7) is 3.39. The van der Waals surface area contributed by atoms with Crippen LogP contribution < -0.4 is 0 Å². The quantitative estimate of drug-likeness (QED) is 0.770. The Labute approximate surface area is 102 Å². The van der Waals surface area contributed by atoms with E-state index in [0.29, 0.717) is 0 Å². The van der Waals surface area contributed by atoms with E-state index in [-0.39, 0.29) is 11.3 Å². The molecule has 0 aliphatic carbocycles. The van der Waals surface area contributed by atoms with Crippen LogP contribution in [0.1, 0.15) is 18.9 Å². The van der Waals surface area contributed by atoms with Gasteiger partial charge in [0.15, 0.2) is 9.84 Å². The zero-order chi connectivity index (χ0) is 13.1. The maximum Gasteiger partial charge on any atom is 0.306 e. The predicted molar refractivity (Wildman–Crippen MR) is 64.5 cm³/mol. The zero-order valence-corrected chi connectivity index (χ0v) is 11.0. The summed E-state index contributed by atoms with van der Waals surface area (Å²) in [6.07, 6.45) is -0.132. The van der Waals surface area contributed by atoms with Crippen LogP contribution >= 0.6 is 0 Å². The van der Waals surface area contributed by atoms with Crippen molar-refractivity contribution in [1.29, 1.82) is 0 Å². The molecular formula is C12H16O4S. The van der Waals surface area contributed by atoms with Crippen LogP contribution in [-0.4, -0.2) is 26.7 Å². The number of methoxy groups -OCH3 is 1. The topological polar surface area (TPSA) is 60.4 Å². The molecule has 0 saturated carbocycles. The van der Waals surface area contributed by atoms with Gasteiger partial charge in [-0.05, 0) is 26.0 Å². The largest absolute Gasteiger partial charge is 0.469 e. The minimum atomic E-state index is -3.46. The van der Waals surface area contributed by atoms with Crippen LogP contribution in [0.25, 0.3) is 0 Å². The van der Waals surface area contributed by atoms with E-state index in [4.69, 9.17) is 0 Å². The van der Waals surface area contributed by atoms with Gasteiger partial charge >= 0.3 is 5.97 Å². The average molecular weight is 256 g/mol. The first-order valence-electron chi connectivity index (χ1n) is 5.25. The van der Waals surface area contributed by atoms with Gasteiger partial charge in [-0.1, -0.05) is 17.7 Å². The Morgan fingerprint density at radius 1 is 1.29 bits per heavy atom. The van der Waals surface area contributed by atoms with Crippen LogP contribution in [0.4, 0.5) is 0 Å². The van der Waals surface area contributed by atoms with E-state index >= 15 is 0 Å². The first-order valence-corrected chi connectivity index (χ1v) is 6.80. The van der Waals surface area contributed by atoms with Crippen molar-refractivity contribution in [3.63, 3.8) is 0 Å². The summed E-state index contributed by atoms with van der Waals surface area (Å²) in [5, 5.41) is -0.780. The third-order valence-corrected chi connectivity index (χ3v) is 4.72. The molecule has 0 aromatic heterocycles. The van der Waals surface area contributed by atoms with Crippen LogP contribution in [0.2, 0.25) is 0 Å². The number of rotatable bonds is 4. The fraction of sp³-hybridized carbons (Fsp3) is 0.417. The highest BCUT2D eigenvalue weighted by atomic mass is 32.2. The SMILES string of the molecule is COC(=O)CC(C)S(=O)(=O)c1ccc(C)cc1. The Hall–Kier alpha value is -1.36. The minimum absolute atomic E-state index is 0.132. The predicted octanol–water partition coefficient (Wildman–Crippen LogP) is 1.72. The Morgan fingerprint density at radius 3 is 2.29 bits per heavy atom. The van der Waals surface area contributed by atoms with Gasteiger partial charge in [0.2, 0.25) is 0 Å². The maximum atomic E-state index is 12.1. The second-order valence-corrected chi connectivity index (χ2v) is 6.32. The Bertz CT molecular complexity index is 488. The van der Waals surface area contributed by atoms with Gasteiger partial charge in [0.1, 0.15) is 0 Å². The summed E-state index contributed by atoms with van der Waals surface area (Å²) in [5.74, 6) is -0.520. The van der Waals surface area contributed by atoms with Gasteiger partial charge in [-0.3, -0.25) is 4.79 Å². The van der Waals surface area contributed by atoms with Crippen LogP contribution in [0.15, 0.2) is 29.2 Å². The Kier molecular flexibility index (Phi) is 4.28. The van der Waals surface area contributed by atoms with Crippen molar-refractivity contribution in [2.75, 3.05) is 7.11 Å². The van der Waals surface area contributed by atoms with E-state index in [1.54, 1.807) is 24.3 Å². The third kappa shape index (κ3) is 3.30. The monoisotopic (exact) mass is 256 g/mol. The molecular weight excluding hydrogens is 240 g/mol. The number of aryl methyl sites for hydroxylation is 1. The normalized spacial score (nSPS) is 13.1. The second kappa shape index (κ2) is 5.31. The molecule has 1 unspecified atom stereocenters. The summed E-state index contributed by atoms with van der Waals surface area (Å²) in [6, 6.07) is 6.58. The summed E-state index contributed by atoms with van der Waals surface area (Å²) in [7, 11) is -2.22. The van der Waals surface area contributed by atoms with E-state index in [9.17, 15) is 13.2 Å². The molecule has 0 amide bonds. The van der Waals surface area contributed by atoms with Crippen molar-refractivity contribution >= 4 is 15.8 Å². The van der Waals surface area contributed by atoms with Gasteiger partial charge in [-0.2, -0.15) is 0 Å². The molecule has 1 aromatic rings. The molecule has 0 heterocycles. The number of esters is 1. The van der Waals surface area contributed by atoms with Crippen molar-refractivity contribution in [2.24, 2.45) is 0 Å². The Morgan fingerprint density at radius 2 is 1.82 bits per heavy atom. The van der Waals surface area contributed by atoms with Gasteiger partial charge in [0.25, 0.3) is 0 Å². The molecule has 17 heavy (non-hydrogen) atoms. The van der Waals surface area contributed by atoms with E-state index in [1.165, 1.54) is 14.0 Å². The third-order valence-electron chi connectivity index (χ3n) is 2.56. The number of ether oxygens (including phenoxy) is 1. The molecule has 1 rings (SSSR count). The molecule has 0 aliphatic heterocycles. The highest BCUT2D eigenvalue weighted by Gasteiger charge is 2.25. The van der Waals surface area contributed by atoms with Crippen LogP contribution in [0.3, 0.4) is 0 Å². The maximum absolute atomic E-state index is 12.1. The molecule has 5 heteroatoms. The van der Waals surface area contributed by atoms with Crippen molar-refractivity contribution in [3.05, 3.63) is 29.8 Å². The summed E-state index contributed by atoms with van der Waals surface area (Å²) < 4.78 is 28.6. The van der Waals surface area contributed by atoms with E-state index < -0.39 is 21.1 Å². The molecule has 0 saturated heterocycles. The number of carbonyl (C=O) groups excluding carboxylic acids is 1. The number of carbonyl (C=O) groups is 1. The summed E-state index contributed by atoms with van der Waals surface area (Å²) in [4.78, 5) is 11.3. The van der Waals surface area contributed by atoms with E-state index in [2.05, 4.69) is 4.74 Å². The summed E-state index contributed by atoms with van der Waals surface area (Å²) >= 11 is 0. The van der Waals surface area contributed by atoms with Crippen LogP contribution in [0.5, 0.6) is 0 Å². The van der Waals surface area contributed by atoms with Crippen molar-refractivity contribution < 1.29 is 17.9 Å². The molecule has 0 bridgehead atoms. The second-order valence-electron chi connectivity index (χ2n) is 3.95. The van der Waals surface area contributed by atoms with Crippen molar-refractivity contribution in [1.82, 2.24) is 0 Å². The molecule has 0 aliphatic rings. The lowest BCUT2D eigenvalue weighted by molar-refractivity contribution is -0.140. The Balaban J connectivity index is 2.95. The smallest absolute Gasteiger partial charge is 0.306 e. The molecule has 0 radical (unpaired) electrons. The van der Waals surface area contributed by atoms with E-state index in [1.807, 2.05) is 6.92 Å². The first kappa shape index (κ1) is 13.7. The van der Waals surface area contributed by atoms with Gasteiger partial charge in [-0.15, -0.1) is 0 Å². The van der Waals surface area contributed by atoms with Gasteiger partial charge < -0.3 is 4.74 Å². The molecule has 1 atom stereocenters. The highest BCUT2D eigenvalue weighted by Crippen LogP contribution is 2.18. The molecule has 4 nitrogen and oxygen atoms in total. The van der Waals surface area contributed by atoms with E-state index in [0.717, 1.165) is 5.56 Å². The highest BCUT2D eigenvalue weighted by molar-refractivity contribution is 7.92. The fourth-order valence-corrected chi connectivity index (χ4v) is 2.72. The molecule has 0 spiro atoms. The van der Waals surface area contributed by atoms with Crippen molar-refractivity contribution in [3.8, 4) is 0 Å². The average Bonchev–Trinajstić information content (AvgIpc) is 2.29. The van der Waals surface area contributed by atoms with Gasteiger partial charge in [-0.25, -0.2) is 8.42 Å². The first-order chi connectivity index (χ1) is 7.87. The molecule has 0 N–H and O–H groups in total. The van der Waals surface area contributed by atoms with Crippen LogP contribution in [-0.2, 0) is 19.4 Å². The summed E-state index contributed by atoms with van der Waals surface area (Å²) in [5.41, 5.74) is 0.990. The lowest BCUT2D eigenvalue weighted by Gasteiger charge is -2.11.